The molecule has 1 atom stereocenters. The standard InChI is InChI=1S/C25H20ClN3O4/c26-20-14-8-7-13-19(20)24(31)27-21(17-9-3-1-4-10-17)15-23(30)32-16-22-28-29-25(33-22)18-11-5-2-6-12-18/h1-14,21H,15-16H2,(H,27,31)/t21-/m1/s1. The number of esters is 1. The molecule has 1 N–H and O–H groups in total. The molecule has 1 heterocycles. The Morgan fingerprint density at radius 3 is 2.30 bits per heavy atom. The summed E-state index contributed by atoms with van der Waals surface area (Å²) in [4.78, 5) is 25.3. The van der Waals surface area contributed by atoms with Gasteiger partial charge in [0.25, 0.3) is 11.8 Å². The topological polar surface area (TPSA) is 94.3 Å². The van der Waals surface area contributed by atoms with Crippen LogP contribution in [0.4, 0.5) is 0 Å². The summed E-state index contributed by atoms with van der Waals surface area (Å²) in [5.41, 5.74) is 1.86. The van der Waals surface area contributed by atoms with Crippen LogP contribution in [0.5, 0.6) is 0 Å². The van der Waals surface area contributed by atoms with E-state index in [2.05, 4.69) is 15.5 Å². The quantitative estimate of drug-likeness (QED) is 0.371. The number of carbonyl (C=O) groups is 2. The van der Waals surface area contributed by atoms with Crippen molar-refractivity contribution in [3.8, 4) is 11.5 Å². The average Bonchev–Trinajstić information content (AvgIpc) is 3.33. The van der Waals surface area contributed by atoms with E-state index >= 15 is 0 Å². The summed E-state index contributed by atoms with van der Waals surface area (Å²) < 4.78 is 10.9. The van der Waals surface area contributed by atoms with Crippen molar-refractivity contribution >= 4 is 23.5 Å². The molecule has 8 heteroatoms. The highest BCUT2D eigenvalue weighted by Crippen LogP contribution is 2.22. The third-order valence-electron chi connectivity index (χ3n) is 4.84. The summed E-state index contributed by atoms with van der Waals surface area (Å²) >= 11 is 6.14. The summed E-state index contributed by atoms with van der Waals surface area (Å²) in [7, 11) is 0. The minimum absolute atomic E-state index is 0.0834. The second-order valence-corrected chi connectivity index (χ2v) is 7.56. The fourth-order valence-corrected chi connectivity index (χ4v) is 3.42. The van der Waals surface area contributed by atoms with Crippen LogP contribution in [0.2, 0.25) is 5.02 Å². The van der Waals surface area contributed by atoms with E-state index in [9.17, 15) is 9.59 Å². The van der Waals surface area contributed by atoms with Crippen LogP contribution in [0.1, 0.15) is 34.3 Å². The van der Waals surface area contributed by atoms with Gasteiger partial charge in [-0.1, -0.05) is 72.3 Å². The van der Waals surface area contributed by atoms with Crippen molar-refractivity contribution in [3.63, 3.8) is 0 Å². The summed E-state index contributed by atoms with van der Waals surface area (Å²) in [5, 5.41) is 11.1. The first-order chi connectivity index (χ1) is 16.1. The highest BCUT2D eigenvalue weighted by Gasteiger charge is 2.22. The Labute approximate surface area is 195 Å². The van der Waals surface area contributed by atoms with Gasteiger partial charge in [-0.3, -0.25) is 9.59 Å². The Hall–Kier alpha value is -3.97. The molecule has 4 rings (SSSR count). The molecular weight excluding hydrogens is 442 g/mol. The Kier molecular flexibility index (Phi) is 7.12. The molecule has 0 spiro atoms. The van der Waals surface area contributed by atoms with Gasteiger partial charge in [0.2, 0.25) is 5.89 Å². The van der Waals surface area contributed by atoms with Crippen LogP contribution in [-0.2, 0) is 16.1 Å². The highest BCUT2D eigenvalue weighted by molar-refractivity contribution is 6.33. The molecule has 0 aliphatic rings. The molecule has 0 unspecified atom stereocenters. The molecule has 1 aromatic heterocycles. The van der Waals surface area contributed by atoms with E-state index in [1.165, 1.54) is 0 Å². The maximum absolute atomic E-state index is 12.8. The number of benzene rings is 3. The minimum Gasteiger partial charge on any atom is -0.456 e. The van der Waals surface area contributed by atoms with Gasteiger partial charge in [-0.25, -0.2) is 0 Å². The molecule has 4 aromatic rings. The zero-order valence-corrected chi connectivity index (χ0v) is 18.2. The molecule has 0 aliphatic carbocycles. The second-order valence-electron chi connectivity index (χ2n) is 7.15. The van der Waals surface area contributed by atoms with Crippen molar-refractivity contribution < 1.29 is 18.7 Å². The van der Waals surface area contributed by atoms with Crippen molar-refractivity contribution in [2.75, 3.05) is 0 Å². The van der Waals surface area contributed by atoms with Gasteiger partial charge >= 0.3 is 5.97 Å². The molecule has 0 radical (unpaired) electrons. The molecule has 0 aliphatic heterocycles. The number of halogens is 1. The van der Waals surface area contributed by atoms with Crippen LogP contribution in [0, 0.1) is 0 Å². The van der Waals surface area contributed by atoms with Crippen molar-refractivity contribution in [1.82, 2.24) is 15.5 Å². The van der Waals surface area contributed by atoms with Gasteiger partial charge in [0, 0.05) is 5.56 Å². The number of nitrogens with one attached hydrogen (secondary N) is 1. The van der Waals surface area contributed by atoms with Crippen molar-refractivity contribution in [3.05, 3.63) is 107 Å². The zero-order chi connectivity index (χ0) is 23.0. The first-order valence-electron chi connectivity index (χ1n) is 10.2. The molecule has 7 nitrogen and oxygen atoms in total. The molecule has 33 heavy (non-hydrogen) atoms. The third kappa shape index (κ3) is 5.84. The van der Waals surface area contributed by atoms with Gasteiger partial charge < -0.3 is 14.5 Å². The fraction of sp³-hybridized carbons (Fsp3) is 0.120. The molecular formula is C25H20ClN3O4. The number of nitrogens with zero attached hydrogens (tertiary/aromatic N) is 2. The van der Waals surface area contributed by atoms with Crippen molar-refractivity contribution in [2.45, 2.75) is 19.1 Å². The summed E-state index contributed by atoms with van der Waals surface area (Å²) in [6.07, 6.45) is -0.0834. The Balaban J connectivity index is 1.41. The predicted octanol–water partition coefficient (Wildman–Crippen LogP) is 4.99. The SMILES string of the molecule is O=C(C[C@@H](NC(=O)c1ccccc1Cl)c1ccccc1)OCc1nnc(-c2ccccc2)o1. The van der Waals surface area contributed by atoms with Gasteiger partial charge in [0.05, 0.1) is 23.0 Å². The lowest BCUT2D eigenvalue weighted by Crippen LogP contribution is -2.30. The summed E-state index contributed by atoms with van der Waals surface area (Å²) in [6, 6.07) is 24.6. The van der Waals surface area contributed by atoms with Crippen LogP contribution in [0.25, 0.3) is 11.5 Å². The monoisotopic (exact) mass is 461 g/mol. The normalized spacial score (nSPS) is 11.5. The number of hydrogen-bond acceptors (Lipinski definition) is 6. The highest BCUT2D eigenvalue weighted by atomic mass is 35.5. The largest absolute Gasteiger partial charge is 0.456 e. The van der Waals surface area contributed by atoms with Crippen LogP contribution < -0.4 is 5.32 Å². The van der Waals surface area contributed by atoms with Gasteiger partial charge in [0.15, 0.2) is 6.61 Å². The number of carbonyl (C=O) groups excluding carboxylic acids is 2. The Morgan fingerprint density at radius 1 is 0.909 bits per heavy atom. The van der Waals surface area contributed by atoms with Gasteiger partial charge in [-0.15, -0.1) is 10.2 Å². The molecule has 1 amide bonds. The number of ether oxygens (including phenoxy) is 1. The maximum atomic E-state index is 12.8. The average molecular weight is 462 g/mol. The van der Waals surface area contributed by atoms with E-state index in [-0.39, 0.29) is 24.8 Å². The number of aromatic nitrogens is 2. The molecule has 0 saturated carbocycles. The summed E-state index contributed by atoms with van der Waals surface area (Å²) in [5.74, 6) is -0.385. The molecule has 0 saturated heterocycles. The van der Waals surface area contributed by atoms with E-state index in [1.807, 2.05) is 60.7 Å². The molecule has 166 valence electrons. The first kappa shape index (κ1) is 22.2. The molecule has 0 fully saturated rings. The number of amides is 1. The Bertz CT molecular complexity index is 1230. The zero-order valence-electron chi connectivity index (χ0n) is 17.5. The van der Waals surface area contributed by atoms with Crippen LogP contribution >= 0.6 is 11.6 Å². The van der Waals surface area contributed by atoms with E-state index in [0.29, 0.717) is 16.5 Å². The predicted molar refractivity (Wildman–Crippen MR) is 122 cm³/mol. The molecule has 3 aromatic carbocycles. The van der Waals surface area contributed by atoms with Gasteiger partial charge in [-0.2, -0.15) is 0 Å². The van der Waals surface area contributed by atoms with Crippen LogP contribution in [0.3, 0.4) is 0 Å². The third-order valence-corrected chi connectivity index (χ3v) is 5.17. The number of hydrogen-bond donors (Lipinski definition) is 1. The number of rotatable bonds is 8. The van der Waals surface area contributed by atoms with Crippen molar-refractivity contribution in [1.29, 1.82) is 0 Å². The Morgan fingerprint density at radius 2 is 1.58 bits per heavy atom. The van der Waals surface area contributed by atoms with Crippen molar-refractivity contribution in [2.24, 2.45) is 0 Å². The van der Waals surface area contributed by atoms with Crippen LogP contribution in [0.15, 0.2) is 89.3 Å². The summed E-state index contributed by atoms with van der Waals surface area (Å²) in [6.45, 7) is -0.168. The smallest absolute Gasteiger partial charge is 0.308 e. The van der Waals surface area contributed by atoms with E-state index in [0.717, 1.165) is 11.1 Å². The lowest BCUT2D eigenvalue weighted by Gasteiger charge is -2.19. The van der Waals surface area contributed by atoms with E-state index in [4.69, 9.17) is 20.8 Å². The lowest BCUT2D eigenvalue weighted by molar-refractivity contribution is -0.146. The lowest BCUT2D eigenvalue weighted by atomic mass is 10.0. The van der Waals surface area contributed by atoms with E-state index < -0.39 is 12.0 Å². The second kappa shape index (κ2) is 10.6. The first-order valence-corrected chi connectivity index (χ1v) is 10.6. The minimum atomic E-state index is -0.606. The van der Waals surface area contributed by atoms with Gasteiger partial charge in [0.1, 0.15) is 0 Å². The maximum Gasteiger partial charge on any atom is 0.308 e. The molecule has 0 bridgehead atoms. The van der Waals surface area contributed by atoms with Gasteiger partial charge in [-0.05, 0) is 29.8 Å². The van der Waals surface area contributed by atoms with E-state index in [1.54, 1.807) is 24.3 Å². The fourth-order valence-electron chi connectivity index (χ4n) is 3.20. The van der Waals surface area contributed by atoms with Crippen LogP contribution in [-0.4, -0.2) is 22.1 Å².